The molecule has 0 spiro atoms. The number of imide groups is 1. The molecule has 13 heteroatoms. The molecule has 0 fully saturated rings. The van der Waals surface area contributed by atoms with Crippen molar-refractivity contribution in [2.24, 2.45) is 23.7 Å². The molecule has 0 aliphatic carbocycles. The normalized spacial score (nSPS) is 17.3. The molecule has 0 radical (unpaired) electrons. The molecule has 0 aromatic heterocycles. The lowest BCUT2D eigenvalue weighted by Gasteiger charge is -2.28. The molecule has 13 nitrogen and oxygen atoms in total. The van der Waals surface area contributed by atoms with Crippen LogP contribution in [0.5, 0.6) is 0 Å². The fourth-order valence-corrected chi connectivity index (χ4v) is 5.65. The third-order valence-corrected chi connectivity index (χ3v) is 8.60. The Morgan fingerprint density at radius 3 is 2.06 bits per heavy atom. The highest BCUT2D eigenvalue weighted by atomic mass is 16.6. The van der Waals surface area contributed by atoms with Gasteiger partial charge in [-0.05, 0) is 49.0 Å². The van der Waals surface area contributed by atoms with Crippen molar-refractivity contribution in [1.82, 2.24) is 20.9 Å². The maximum absolute atomic E-state index is 13.7. The summed E-state index contributed by atoms with van der Waals surface area (Å²) < 4.78 is 16.4. The number of esters is 1. The van der Waals surface area contributed by atoms with Crippen LogP contribution in [0, 0.1) is 23.7 Å². The third-order valence-electron chi connectivity index (χ3n) is 8.60. The number of alkyl carbamates (subject to hydrolysis) is 1. The summed E-state index contributed by atoms with van der Waals surface area (Å²) in [6.45, 7) is 16.6. The van der Waals surface area contributed by atoms with Crippen LogP contribution in [0.2, 0.25) is 0 Å². The molecule has 1 aliphatic rings. The van der Waals surface area contributed by atoms with Crippen LogP contribution < -0.4 is 16.0 Å². The minimum atomic E-state index is -1.24. The Morgan fingerprint density at radius 1 is 0.865 bits per heavy atom. The van der Waals surface area contributed by atoms with Gasteiger partial charge in [-0.2, -0.15) is 0 Å². The fourth-order valence-electron chi connectivity index (χ4n) is 5.65. The first-order valence-electron chi connectivity index (χ1n) is 18.1. The molecule has 0 saturated heterocycles. The molecule has 1 heterocycles. The van der Waals surface area contributed by atoms with E-state index in [0.717, 1.165) is 10.5 Å². The number of hydrogen-bond acceptors (Lipinski definition) is 9. The van der Waals surface area contributed by atoms with Gasteiger partial charge in [-0.1, -0.05) is 98.2 Å². The number of carbonyl (C=O) groups excluding carboxylic acids is 6. The van der Waals surface area contributed by atoms with E-state index in [9.17, 15) is 28.8 Å². The van der Waals surface area contributed by atoms with Gasteiger partial charge in [0, 0.05) is 18.2 Å². The summed E-state index contributed by atoms with van der Waals surface area (Å²) >= 11 is 0. The van der Waals surface area contributed by atoms with E-state index in [1.54, 1.807) is 13.8 Å². The molecular formula is C39H58N4O9. The second-order valence-electron chi connectivity index (χ2n) is 14.5. The number of nitrogens with one attached hydrogen (secondary N) is 3. The largest absolute Gasteiger partial charge is 0.499 e. The van der Waals surface area contributed by atoms with Crippen molar-refractivity contribution in [3.8, 4) is 0 Å². The van der Waals surface area contributed by atoms with Crippen LogP contribution >= 0.6 is 0 Å². The highest BCUT2D eigenvalue weighted by Crippen LogP contribution is 2.27. The van der Waals surface area contributed by atoms with Gasteiger partial charge >= 0.3 is 12.1 Å². The Hall–Kier alpha value is -4.68. The summed E-state index contributed by atoms with van der Waals surface area (Å²) in [5.41, 5.74) is 0.782. The van der Waals surface area contributed by atoms with Gasteiger partial charge in [0.1, 0.15) is 24.4 Å². The van der Waals surface area contributed by atoms with Crippen molar-refractivity contribution in [3.05, 3.63) is 59.9 Å². The maximum Gasteiger partial charge on any atom is 0.408 e. The van der Waals surface area contributed by atoms with E-state index in [1.807, 2.05) is 78.8 Å². The highest BCUT2D eigenvalue weighted by Gasteiger charge is 2.39. The summed E-state index contributed by atoms with van der Waals surface area (Å²) in [7, 11) is 1.45. The highest BCUT2D eigenvalue weighted by molar-refractivity contribution is 6.07. The Labute approximate surface area is 308 Å². The van der Waals surface area contributed by atoms with E-state index in [4.69, 9.17) is 14.2 Å². The average Bonchev–Trinajstić information content (AvgIpc) is 3.44. The van der Waals surface area contributed by atoms with Crippen LogP contribution in [0.1, 0.15) is 87.1 Å². The molecule has 3 N–H and O–H groups in total. The van der Waals surface area contributed by atoms with Crippen LogP contribution in [0.15, 0.2) is 54.3 Å². The summed E-state index contributed by atoms with van der Waals surface area (Å²) in [5.74, 6) is -3.01. The van der Waals surface area contributed by atoms with Crippen LogP contribution in [0.3, 0.4) is 0 Å². The maximum atomic E-state index is 13.7. The molecule has 1 aromatic rings. The number of benzene rings is 1. The standard InChI is InChI=1S/C39H58N4O9/c1-11-26(8)34(42-39(49)51-22-28-15-13-12-14-16-28)38(48)52-31(20-24(4)5)37(47)41-29(19-23(2)3)36(46)40-27(9)17-18-32(44)43-33(45)21-30(50-10)35(43)25(6)7/h12-18,21,23-27,29,31,34-35H,11,19-20,22H2,1-10H3,(H,40,46)(H,41,47)(H,42,49)/b18-17+/t26-,27-,29-,31-,34-,35-/m0/s1. The van der Waals surface area contributed by atoms with Gasteiger partial charge < -0.3 is 30.2 Å². The molecule has 0 saturated carbocycles. The van der Waals surface area contributed by atoms with Crippen LogP contribution in [-0.4, -0.2) is 78.0 Å². The molecule has 1 aliphatic heterocycles. The zero-order chi connectivity index (χ0) is 39.1. The predicted molar refractivity (Wildman–Crippen MR) is 196 cm³/mol. The number of ether oxygens (including phenoxy) is 3. The molecular weight excluding hydrogens is 668 g/mol. The molecule has 1 aromatic carbocycles. The van der Waals surface area contributed by atoms with Crippen molar-refractivity contribution in [2.75, 3.05) is 7.11 Å². The molecule has 5 amide bonds. The quantitative estimate of drug-likeness (QED) is 0.134. The van der Waals surface area contributed by atoms with E-state index in [2.05, 4.69) is 16.0 Å². The topological polar surface area (TPSA) is 169 Å². The number of amides is 5. The summed E-state index contributed by atoms with van der Waals surface area (Å²) in [5, 5.41) is 8.17. The van der Waals surface area contributed by atoms with Gasteiger partial charge in [-0.3, -0.25) is 24.1 Å². The second-order valence-corrected chi connectivity index (χ2v) is 14.5. The molecule has 288 valence electrons. The molecule has 0 bridgehead atoms. The lowest BCUT2D eigenvalue weighted by atomic mass is 9.98. The number of rotatable bonds is 19. The number of methoxy groups -OCH3 is 1. The van der Waals surface area contributed by atoms with Gasteiger partial charge in [0.05, 0.1) is 13.2 Å². The van der Waals surface area contributed by atoms with E-state index < -0.39 is 66.0 Å². The van der Waals surface area contributed by atoms with Gasteiger partial charge in [-0.25, -0.2) is 9.59 Å². The second kappa shape index (κ2) is 21.0. The van der Waals surface area contributed by atoms with E-state index in [0.29, 0.717) is 12.2 Å². The van der Waals surface area contributed by atoms with Crippen molar-refractivity contribution < 1.29 is 43.0 Å². The predicted octanol–water partition coefficient (Wildman–Crippen LogP) is 4.80. The zero-order valence-corrected chi connectivity index (χ0v) is 32.3. The molecule has 0 unspecified atom stereocenters. The van der Waals surface area contributed by atoms with Crippen molar-refractivity contribution >= 4 is 35.7 Å². The SMILES string of the molecule is CC[C@H](C)[C@H](NC(=O)OCc1ccccc1)C(=O)O[C@@H](CC(C)C)C(=O)N[C@@H](CC(C)C)C(=O)N[C@@H](C)/C=C/C(=O)N1C(=O)C=C(OC)[C@@H]1C(C)C. The Bertz CT molecular complexity index is 1440. The van der Waals surface area contributed by atoms with Gasteiger partial charge in [0.2, 0.25) is 5.91 Å². The van der Waals surface area contributed by atoms with Crippen LogP contribution in [0.25, 0.3) is 0 Å². The third kappa shape index (κ3) is 13.5. The summed E-state index contributed by atoms with van der Waals surface area (Å²) in [4.78, 5) is 80.1. The van der Waals surface area contributed by atoms with Gasteiger partial charge in [0.25, 0.3) is 17.7 Å². The van der Waals surface area contributed by atoms with Gasteiger partial charge in [-0.15, -0.1) is 0 Å². The Kier molecular flexibility index (Phi) is 17.6. The summed E-state index contributed by atoms with van der Waals surface area (Å²) in [6, 6.07) is 5.87. The van der Waals surface area contributed by atoms with E-state index >= 15 is 0 Å². The van der Waals surface area contributed by atoms with Crippen molar-refractivity contribution in [3.63, 3.8) is 0 Å². The summed E-state index contributed by atoms with van der Waals surface area (Å²) in [6.07, 6.45) is 2.96. The monoisotopic (exact) mass is 726 g/mol. The van der Waals surface area contributed by atoms with Gasteiger partial charge in [0.15, 0.2) is 6.10 Å². The Balaban J connectivity index is 2.13. The van der Waals surface area contributed by atoms with E-state index in [-0.39, 0.29) is 43.1 Å². The smallest absolute Gasteiger partial charge is 0.408 e. The van der Waals surface area contributed by atoms with Crippen molar-refractivity contribution in [2.45, 2.75) is 118 Å². The van der Waals surface area contributed by atoms with Crippen LogP contribution in [-0.2, 0) is 44.8 Å². The lowest BCUT2D eigenvalue weighted by molar-refractivity contribution is -0.160. The zero-order valence-electron chi connectivity index (χ0n) is 32.3. The first kappa shape index (κ1) is 43.5. The number of hydrogen-bond donors (Lipinski definition) is 3. The Morgan fingerprint density at radius 2 is 1.50 bits per heavy atom. The van der Waals surface area contributed by atoms with Crippen molar-refractivity contribution in [1.29, 1.82) is 0 Å². The molecule has 6 atom stereocenters. The minimum Gasteiger partial charge on any atom is -0.499 e. The fraction of sp³-hybridized carbons (Fsp3) is 0.590. The van der Waals surface area contributed by atoms with E-state index in [1.165, 1.54) is 25.3 Å². The van der Waals surface area contributed by atoms with Crippen LogP contribution in [0.4, 0.5) is 4.79 Å². The number of nitrogens with zero attached hydrogens (tertiary/aromatic N) is 1. The lowest BCUT2D eigenvalue weighted by Crippen LogP contribution is -2.53. The molecule has 52 heavy (non-hydrogen) atoms. The first-order chi connectivity index (χ1) is 24.5. The number of carbonyl (C=O) groups is 6. The first-order valence-corrected chi connectivity index (χ1v) is 18.1. The molecule has 2 rings (SSSR count). The average molecular weight is 727 g/mol. The minimum absolute atomic E-state index is 0.00656.